The van der Waals surface area contributed by atoms with Gasteiger partial charge in [-0.15, -0.1) is 0 Å². The zero-order chi connectivity index (χ0) is 11.8. The fourth-order valence-corrected chi connectivity index (χ4v) is 2.20. The largest absolute Gasteiger partial charge is 0.325 e. The van der Waals surface area contributed by atoms with Gasteiger partial charge in [-0.3, -0.25) is 4.98 Å². The molecule has 0 fully saturated rings. The molecule has 0 atom stereocenters. The highest BCUT2D eigenvalue weighted by Crippen LogP contribution is 2.31. The number of rotatable bonds is 1. The van der Waals surface area contributed by atoms with Crippen LogP contribution >= 0.6 is 0 Å². The van der Waals surface area contributed by atoms with Crippen LogP contribution < -0.4 is 5.73 Å². The minimum Gasteiger partial charge on any atom is -0.325 e. The number of nitrogens with zero attached hydrogens (tertiary/aromatic N) is 1. The molecule has 1 aromatic carbocycles. The summed E-state index contributed by atoms with van der Waals surface area (Å²) in [7, 11) is 0. The van der Waals surface area contributed by atoms with Crippen molar-refractivity contribution in [3.63, 3.8) is 0 Å². The Kier molecular flexibility index (Phi) is 2.68. The van der Waals surface area contributed by atoms with Crippen LogP contribution in [0.3, 0.4) is 0 Å². The minimum atomic E-state index is 0.0720. The molecule has 0 saturated heterocycles. The van der Waals surface area contributed by atoms with Crippen LogP contribution in [-0.4, -0.2) is 4.98 Å². The third kappa shape index (κ3) is 1.81. The van der Waals surface area contributed by atoms with Crippen LogP contribution in [0.2, 0.25) is 0 Å². The van der Waals surface area contributed by atoms with E-state index in [-0.39, 0.29) is 5.41 Å². The summed E-state index contributed by atoms with van der Waals surface area (Å²) >= 11 is 0. The van der Waals surface area contributed by atoms with E-state index in [1.54, 1.807) is 0 Å². The van der Waals surface area contributed by atoms with Gasteiger partial charge in [0, 0.05) is 18.1 Å². The van der Waals surface area contributed by atoms with E-state index >= 15 is 0 Å². The fraction of sp³-hybridized carbons (Fsp3) is 0.357. The molecular formula is C14H18N2. The first-order valence-corrected chi connectivity index (χ1v) is 5.61. The van der Waals surface area contributed by atoms with Crippen molar-refractivity contribution in [2.24, 2.45) is 5.73 Å². The molecule has 2 heteroatoms. The summed E-state index contributed by atoms with van der Waals surface area (Å²) in [5, 5.41) is 2.45. The minimum absolute atomic E-state index is 0.0720. The molecule has 1 heterocycles. The topological polar surface area (TPSA) is 38.9 Å². The summed E-state index contributed by atoms with van der Waals surface area (Å²) in [6, 6.07) is 8.35. The van der Waals surface area contributed by atoms with Crippen LogP contribution in [-0.2, 0) is 12.0 Å². The quantitative estimate of drug-likeness (QED) is 0.792. The van der Waals surface area contributed by atoms with E-state index in [0.29, 0.717) is 6.54 Å². The van der Waals surface area contributed by atoms with Gasteiger partial charge >= 0.3 is 0 Å². The van der Waals surface area contributed by atoms with Crippen molar-refractivity contribution in [1.29, 1.82) is 0 Å². The zero-order valence-corrected chi connectivity index (χ0v) is 10.1. The predicted octanol–water partition coefficient (Wildman–Crippen LogP) is 2.99. The SMILES string of the molecule is CC(C)(C)c1c(CN)ncc2ccccc12. The average molecular weight is 214 g/mol. The number of nitrogens with two attached hydrogens (primary N) is 1. The molecule has 2 rings (SSSR count). The second-order valence-electron chi connectivity index (χ2n) is 5.12. The molecule has 1 aromatic heterocycles. The summed E-state index contributed by atoms with van der Waals surface area (Å²) in [5.41, 5.74) is 8.12. The molecule has 2 nitrogen and oxygen atoms in total. The molecule has 0 amide bonds. The van der Waals surface area contributed by atoms with Gasteiger partial charge in [0.2, 0.25) is 0 Å². The summed E-state index contributed by atoms with van der Waals surface area (Å²) in [5.74, 6) is 0. The third-order valence-electron chi connectivity index (χ3n) is 2.82. The van der Waals surface area contributed by atoms with Gasteiger partial charge in [0.05, 0.1) is 5.69 Å². The molecule has 2 aromatic rings. The van der Waals surface area contributed by atoms with Gasteiger partial charge in [-0.05, 0) is 16.4 Å². The van der Waals surface area contributed by atoms with Crippen molar-refractivity contribution < 1.29 is 0 Å². The van der Waals surface area contributed by atoms with Gasteiger partial charge in [0.15, 0.2) is 0 Å². The lowest BCUT2D eigenvalue weighted by Gasteiger charge is -2.23. The summed E-state index contributed by atoms with van der Waals surface area (Å²) < 4.78 is 0. The molecule has 0 aliphatic heterocycles. The first kappa shape index (κ1) is 11.1. The van der Waals surface area contributed by atoms with Crippen molar-refractivity contribution in [3.8, 4) is 0 Å². The summed E-state index contributed by atoms with van der Waals surface area (Å²) in [4.78, 5) is 4.47. The first-order valence-electron chi connectivity index (χ1n) is 5.61. The molecule has 0 aliphatic rings. The Hall–Kier alpha value is -1.41. The van der Waals surface area contributed by atoms with Crippen LogP contribution in [0.1, 0.15) is 32.0 Å². The highest BCUT2D eigenvalue weighted by molar-refractivity contribution is 5.86. The highest BCUT2D eigenvalue weighted by atomic mass is 14.7. The van der Waals surface area contributed by atoms with E-state index in [2.05, 4.69) is 44.0 Å². The molecular weight excluding hydrogens is 196 g/mol. The molecule has 0 aliphatic carbocycles. The lowest BCUT2D eigenvalue weighted by atomic mass is 9.82. The Morgan fingerprint density at radius 1 is 1.19 bits per heavy atom. The number of aromatic nitrogens is 1. The van der Waals surface area contributed by atoms with Gasteiger partial charge in [0.1, 0.15) is 0 Å². The lowest BCUT2D eigenvalue weighted by Crippen LogP contribution is -2.18. The van der Waals surface area contributed by atoms with E-state index in [0.717, 1.165) is 5.69 Å². The molecule has 0 bridgehead atoms. The van der Waals surface area contributed by atoms with Crippen molar-refractivity contribution in [3.05, 3.63) is 41.7 Å². The Morgan fingerprint density at radius 3 is 2.50 bits per heavy atom. The van der Waals surface area contributed by atoms with Crippen molar-refractivity contribution in [1.82, 2.24) is 4.98 Å². The molecule has 84 valence electrons. The number of benzene rings is 1. The average Bonchev–Trinajstić information content (AvgIpc) is 2.26. The second-order valence-corrected chi connectivity index (χ2v) is 5.12. The molecule has 16 heavy (non-hydrogen) atoms. The Morgan fingerprint density at radius 2 is 1.88 bits per heavy atom. The van der Waals surface area contributed by atoms with E-state index in [1.807, 2.05) is 12.3 Å². The first-order chi connectivity index (χ1) is 7.54. The van der Waals surface area contributed by atoms with Crippen LogP contribution in [0.15, 0.2) is 30.5 Å². The monoisotopic (exact) mass is 214 g/mol. The number of pyridine rings is 1. The summed E-state index contributed by atoms with van der Waals surface area (Å²) in [6.07, 6.45) is 1.91. The summed E-state index contributed by atoms with van der Waals surface area (Å²) in [6.45, 7) is 7.11. The number of fused-ring (bicyclic) bond motifs is 1. The molecule has 0 radical (unpaired) electrons. The van der Waals surface area contributed by atoms with Gasteiger partial charge in [-0.25, -0.2) is 0 Å². The highest BCUT2D eigenvalue weighted by Gasteiger charge is 2.20. The number of hydrogen-bond acceptors (Lipinski definition) is 2. The standard InChI is InChI=1S/C14H18N2/c1-14(2,3)13-11-7-5-4-6-10(11)9-16-12(13)8-15/h4-7,9H,8,15H2,1-3H3. The van der Waals surface area contributed by atoms with E-state index in [4.69, 9.17) is 5.73 Å². The molecule has 0 saturated carbocycles. The van der Waals surface area contributed by atoms with Crippen LogP contribution in [0.25, 0.3) is 10.8 Å². The maximum atomic E-state index is 5.78. The van der Waals surface area contributed by atoms with Gasteiger partial charge in [0.25, 0.3) is 0 Å². The maximum absolute atomic E-state index is 5.78. The van der Waals surface area contributed by atoms with E-state index in [1.165, 1.54) is 16.3 Å². The Bertz CT molecular complexity index is 510. The van der Waals surface area contributed by atoms with Gasteiger partial charge in [-0.1, -0.05) is 45.0 Å². The molecule has 2 N–H and O–H groups in total. The van der Waals surface area contributed by atoms with Gasteiger partial charge in [-0.2, -0.15) is 0 Å². The smallest absolute Gasteiger partial charge is 0.0583 e. The number of hydrogen-bond donors (Lipinski definition) is 1. The Labute approximate surface area is 96.5 Å². The second kappa shape index (κ2) is 3.87. The molecule has 0 unspecified atom stereocenters. The Balaban J connectivity index is 2.84. The normalized spacial score (nSPS) is 12.0. The van der Waals surface area contributed by atoms with Crippen LogP contribution in [0.4, 0.5) is 0 Å². The zero-order valence-electron chi connectivity index (χ0n) is 10.1. The lowest BCUT2D eigenvalue weighted by molar-refractivity contribution is 0.584. The van der Waals surface area contributed by atoms with Crippen molar-refractivity contribution in [2.45, 2.75) is 32.7 Å². The predicted molar refractivity (Wildman–Crippen MR) is 68.3 cm³/mol. The van der Waals surface area contributed by atoms with Gasteiger partial charge < -0.3 is 5.73 Å². The maximum Gasteiger partial charge on any atom is 0.0583 e. The van der Waals surface area contributed by atoms with Crippen LogP contribution in [0.5, 0.6) is 0 Å². The van der Waals surface area contributed by atoms with E-state index < -0.39 is 0 Å². The van der Waals surface area contributed by atoms with E-state index in [9.17, 15) is 0 Å². The van der Waals surface area contributed by atoms with Crippen molar-refractivity contribution in [2.75, 3.05) is 0 Å². The molecule has 0 spiro atoms. The van der Waals surface area contributed by atoms with Crippen LogP contribution in [0, 0.1) is 0 Å². The third-order valence-corrected chi connectivity index (χ3v) is 2.82. The fourth-order valence-electron chi connectivity index (χ4n) is 2.20. The van der Waals surface area contributed by atoms with Crippen molar-refractivity contribution >= 4 is 10.8 Å².